The summed E-state index contributed by atoms with van der Waals surface area (Å²) in [6, 6.07) is 7.12. The van der Waals surface area contributed by atoms with Crippen LogP contribution in [0.4, 0.5) is 10.5 Å². The molecule has 0 bridgehead atoms. The summed E-state index contributed by atoms with van der Waals surface area (Å²) in [5.74, 6) is 0.664. The van der Waals surface area contributed by atoms with E-state index in [9.17, 15) is 9.90 Å². The number of nitrogens with two attached hydrogens (primary N) is 1. The standard InChI is InChI=1S/C20H33N3O3/c1-20(2,3)22-13-17(24)14-26-18-11-9-16(10-12-18)23(19(21)25)15-7-5-4-6-8-15/h9-12,15,17,22,24H,4-8,13-14H2,1-3H3,(H2,21,25). The van der Waals surface area contributed by atoms with E-state index in [2.05, 4.69) is 26.1 Å². The molecular formula is C20H33N3O3. The first-order valence-electron chi connectivity index (χ1n) is 9.51. The van der Waals surface area contributed by atoms with Gasteiger partial charge in [-0.25, -0.2) is 4.79 Å². The van der Waals surface area contributed by atoms with Crippen molar-refractivity contribution in [2.75, 3.05) is 18.1 Å². The first kappa shape index (κ1) is 20.5. The number of aliphatic hydroxyl groups excluding tert-OH is 1. The molecule has 1 aromatic rings. The summed E-state index contributed by atoms with van der Waals surface area (Å²) in [4.78, 5) is 13.6. The average molecular weight is 364 g/mol. The van der Waals surface area contributed by atoms with Gasteiger partial charge < -0.3 is 20.9 Å². The monoisotopic (exact) mass is 363 g/mol. The van der Waals surface area contributed by atoms with E-state index >= 15 is 0 Å². The number of ether oxygens (including phenoxy) is 1. The van der Waals surface area contributed by atoms with Gasteiger partial charge in [0.1, 0.15) is 18.5 Å². The number of carbonyl (C=O) groups excluding carboxylic acids is 1. The van der Waals surface area contributed by atoms with Crippen molar-refractivity contribution in [2.24, 2.45) is 5.73 Å². The number of carbonyl (C=O) groups is 1. The molecule has 0 saturated heterocycles. The fraction of sp³-hybridized carbons (Fsp3) is 0.650. The molecule has 2 rings (SSSR count). The van der Waals surface area contributed by atoms with Crippen molar-refractivity contribution in [3.8, 4) is 5.75 Å². The van der Waals surface area contributed by atoms with E-state index in [1.807, 2.05) is 24.3 Å². The third-order valence-corrected chi connectivity index (χ3v) is 4.60. The molecule has 0 heterocycles. The average Bonchev–Trinajstić information content (AvgIpc) is 2.59. The first-order valence-corrected chi connectivity index (χ1v) is 9.51. The molecule has 1 unspecified atom stereocenters. The number of urea groups is 1. The maximum atomic E-state index is 11.9. The Morgan fingerprint density at radius 2 is 1.88 bits per heavy atom. The van der Waals surface area contributed by atoms with E-state index < -0.39 is 12.1 Å². The third-order valence-electron chi connectivity index (χ3n) is 4.60. The molecule has 26 heavy (non-hydrogen) atoms. The van der Waals surface area contributed by atoms with Crippen LogP contribution in [0.5, 0.6) is 5.75 Å². The fourth-order valence-corrected chi connectivity index (χ4v) is 3.24. The molecule has 146 valence electrons. The van der Waals surface area contributed by atoms with Crippen molar-refractivity contribution >= 4 is 11.7 Å². The molecule has 1 atom stereocenters. The Hall–Kier alpha value is -1.79. The Bertz CT molecular complexity index is 563. The molecule has 2 amide bonds. The Kier molecular flexibility index (Phi) is 7.29. The minimum Gasteiger partial charge on any atom is -0.491 e. The Balaban J connectivity index is 1.90. The third kappa shape index (κ3) is 6.50. The first-order chi connectivity index (χ1) is 12.3. The van der Waals surface area contributed by atoms with Gasteiger partial charge in [-0.2, -0.15) is 0 Å². The molecule has 6 heteroatoms. The largest absolute Gasteiger partial charge is 0.491 e. The van der Waals surface area contributed by atoms with Gasteiger partial charge in [-0.05, 0) is 57.9 Å². The van der Waals surface area contributed by atoms with Gasteiger partial charge in [0.25, 0.3) is 0 Å². The molecule has 0 aliphatic heterocycles. The number of benzene rings is 1. The highest BCUT2D eigenvalue weighted by Gasteiger charge is 2.25. The van der Waals surface area contributed by atoms with Crippen LogP contribution in [0.3, 0.4) is 0 Å². The predicted octanol–water partition coefficient (Wildman–Crippen LogP) is 3.03. The maximum absolute atomic E-state index is 11.9. The van der Waals surface area contributed by atoms with E-state index in [4.69, 9.17) is 10.5 Å². The van der Waals surface area contributed by atoms with E-state index in [1.165, 1.54) is 6.42 Å². The van der Waals surface area contributed by atoms with Crippen LogP contribution in [-0.4, -0.2) is 42.0 Å². The Morgan fingerprint density at radius 1 is 1.27 bits per heavy atom. The van der Waals surface area contributed by atoms with Gasteiger partial charge >= 0.3 is 6.03 Å². The number of nitrogens with zero attached hydrogens (tertiary/aromatic N) is 1. The fourth-order valence-electron chi connectivity index (χ4n) is 3.24. The van der Waals surface area contributed by atoms with Crippen LogP contribution in [-0.2, 0) is 0 Å². The molecule has 0 aromatic heterocycles. The molecule has 1 fully saturated rings. The number of rotatable bonds is 7. The number of primary amides is 1. The Morgan fingerprint density at radius 3 is 2.42 bits per heavy atom. The van der Waals surface area contributed by atoms with E-state index in [0.29, 0.717) is 12.3 Å². The van der Waals surface area contributed by atoms with Crippen LogP contribution >= 0.6 is 0 Å². The zero-order valence-electron chi connectivity index (χ0n) is 16.2. The molecule has 4 N–H and O–H groups in total. The summed E-state index contributed by atoms with van der Waals surface area (Å²) in [6.45, 7) is 6.84. The van der Waals surface area contributed by atoms with Gasteiger partial charge in [-0.1, -0.05) is 19.3 Å². The number of amides is 2. The zero-order chi connectivity index (χ0) is 19.2. The van der Waals surface area contributed by atoms with Crippen LogP contribution in [0.15, 0.2) is 24.3 Å². The van der Waals surface area contributed by atoms with Gasteiger partial charge in [-0.3, -0.25) is 4.90 Å². The van der Waals surface area contributed by atoms with Crippen molar-refractivity contribution in [1.82, 2.24) is 5.32 Å². The highest BCUT2D eigenvalue weighted by molar-refractivity contribution is 5.91. The SMILES string of the molecule is CC(C)(C)NCC(O)COc1ccc(N(C(N)=O)C2CCCCC2)cc1. The van der Waals surface area contributed by atoms with E-state index in [0.717, 1.165) is 31.4 Å². The van der Waals surface area contributed by atoms with Crippen molar-refractivity contribution in [3.05, 3.63) is 24.3 Å². The molecule has 0 radical (unpaired) electrons. The molecular weight excluding hydrogens is 330 g/mol. The lowest BCUT2D eigenvalue weighted by Crippen LogP contribution is -2.44. The zero-order valence-corrected chi connectivity index (χ0v) is 16.2. The summed E-state index contributed by atoms with van der Waals surface area (Å²) in [6.07, 6.45) is 4.90. The van der Waals surface area contributed by atoms with Crippen LogP contribution in [0.25, 0.3) is 0 Å². The second-order valence-electron chi connectivity index (χ2n) is 8.09. The summed E-state index contributed by atoms with van der Waals surface area (Å²) < 4.78 is 5.65. The van der Waals surface area contributed by atoms with Crippen LogP contribution in [0, 0.1) is 0 Å². The lowest BCUT2D eigenvalue weighted by molar-refractivity contribution is 0.100. The van der Waals surface area contributed by atoms with Crippen molar-refractivity contribution in [3.63, 3.8) is 0 Å². The molecule has 1 saturated carbocycles. The number of hydrogen-bond donors (Lipinski definition) is 3. The van der Waals surface area contributed by atoms with Gasteiger partial charge in [0, 0.05) is 23.8 Å². The predicted molar refractivity (Wildman–Crippen MR) is 105 cm³/mol. The van der Waals surface area contributed by atoms with Gasteiger partial charge in [0.15, 0.2) is 0 Å². The quantitative estimate of drug-likeness (QED) is 0.695. The smallest absolute Gasteiger partial charge is 0.319 e. The number of nitrogens with one attached hydrogen (secondary N) is 1. The van der Waals surface area contributed by atoms with Crippen molar-refractivity contribution in [1.29, 1.82) is 0 Å². The number of hydrogen-bond acceptors (Lipinski definition) is 4. The summed E-state index contributed by atoms with van der Waals surface area (Å²) in [7, 11) is 0. The highest BCUT2D eigenvalue weighted by Crippen LogP contribution is 2.28. The molecule has 6 nitrogen and oxygen atoms in total. The van der Waals surface area contributed by atoms with Crippen molar-refractivity contribution < 1.29 is 14.6 Å². The molecule has 0 spiro atoms. The number of anilines is 1. The summed E-state index contributed by atoms with van der Waals surface area (Å²) in [5, 5.41) is 13.2. The highest BCUT2D eigenvalue weighted by atomic mass is 16.5. The molecule has 1 aromatic carbocycles. The van der Waals surface area contributed by atoms with Gasteiger partial charge in [0.05, 0.1) is 0 Å². The number of β-amino-alcohol motifs (C(OH)–C–C–N with tert-alkyl or cyclic N) is 1. The van der Waals surface area contributed by atoms with Crippen molar-refractivity contribution in [2.45, 2.75) is 70.6 Å². The van der Waals surface area contributed by atoms with Gasteiger partial charge in [-0.15, -0.1) is 0 Å². The van der Waals surface area contributed by atoms with Crippen LogP contribution in [0.1, 0.15) is 52.9 Å². The minimum atomic E-state index is -0.585. The second-order valence-corrected chi connectivity index (χ2v) is 8.09. The van der Waals surface area contributed by atoms with E-state index in [-0.39, 0.29) is 18.2 Å². The topological polar surface area (TPSA) is 87.8 Å². The molecule has 1 aliphatic carbocycles. The minimum absolute atomic E-state index is 0.0417. The summed E-state index contributed by atoms with van der Waals surface area (Å²) >= 11 is 0. The lowest BCUT2D eigenvalue weighted by atomic mass is 9.94. The molecule has 1 aliphatic rings. The van der Waals surface area contributed by atoms with Crippen LogP contribution < -0.4 is 20.7 Å². The van der Waals surface area contributed by atoms with Crippen LogP contribution in [0.2, 0.25) is 0 Å². The lowest BCUT2D eigenvalue weighted by Gasteiger charge is -2.33. The van der Waals surface area contributed by atoms with E-state index in [1.54, 1.807) is 4.90 Å². The normalized spacial score (nSPS) is 16.9. The second kappa shape index (κ2) is 9.24. The Labute approximate surface area is 156 Å². The number of aliphatic hydroxyl groups is 1. The summed E-state index contributed by atoms with van der Waals surface area (Å²) in [5.41, 5.74) is 6.38. The maximum Gasteiger partial charge on any atom is 0.319 e. The van der Waals surface area contributed by atoms with Gasteiger partial charge in [0.2, 0.25) is 0 Å².